The number of anilines is 2. The molecule has 2 N–H and O–H groups in total. The van der Waals surface area contributed by atoms with Gasteiger partial charge in [-0.3, -0.25) is 4.79 Å². The summed E-state index contributed by atoms with van der Waals surface area (Å²) >= 11 is 5.63. The van der Waals surface area contributed by atoms with E-state index in [9.17, 15) is 4.79 Å². The van der Waals surface area contributed by atoms with Crippen LogP contribution in [0.25, 0.3) is 0 Å². The van der Waals surface area contributed by atoms with Crippen molar-refractivity contribution >= 4 is 34.6 Å². The molecule has 154 valence electrons. The average molecular weight is 410 g/mol. The lowest BCUT2D eigenvalue weighted by molar-refractivity contribution is -0.117. The summed E-state index contributed by atoms with van der Waals surface area (Å²) in [6.07, 6.45) is 1.55. The Kier molecular flexibility index (Phi) is 6.58. The Morgan fingerprint density at radius 2 is 1.83 bits per heavy atom. The minimum atomic E-state index is 0.126. The fraction of sp³-hybridized carbons (Fsp3) is 0.417. The zero-order valence-corrected chi connectivity index (χ0v) is 18.8. The van der Waals surface area contributed by atoms with Gasteiger partial charge in [-0.05, 0) is 74.2 Å². The van der Waals surface area contributed by atoms with E-state index in [-0.39, 0.29) is 11.9 Å². The van der Waals surface area contributed by atoms with Crippen molar-refractivity contribution in [1.82, 2.24) is 5.32 Å². The molecule has 2 aromatic rings. The molecular weight excluding hydrogens is 378 g/mol. The normalized spacial score (nSPS) is 15.0. The van der Waals surface area contributed by atoms with E-state index in [0.717, 1.165) is 29.9 Å². The van der Waals surface area contributed by atoms with Gasteiger partial charge in [-0.2, -0.15) is 0 Å². The molecule has 0 bridgehead atoms. The molecule has 1 fully saturated rings. The maximum atomic E-state index is 12.2. The topological polar surface area (TPSA) is 44.4 Å². The first-order valence-electron chi connectivity index (χ1n) is 10.3. The molecule has 5 heteroatoms. The van der Waals surface area contributed by atoms with Gasteiger partial charge < -0.3 is 15.5 Å². The minimum absolute atomic E-state index is 0.126. The molecule has 2 aromatic carbocycles. The van der Waals surface area contributed by atoms with Gasteiger partial charge in [0.05, 0.1) is 6.04 Å². The van der Waals surface area contributed by atoms with Crippen LogP contribution in [0.15, 0.2) is 36.4 Å². The lowest BCUT2D eigenvalue weighted by atomic mass is 9.92. The summed E-state index contributed by atoms with van der Waals surface area (Å²) in [4.78, 5) is 14.0. The summed E-state index contributed by atoms with van der Waals surface area (Å²) in [5.74, 6) is 0.577. The Balaban J connectivity index is 1.76. The molecule has 1 heterocycles. The first-order chi connectivity index (χ1) is 13.8. The van der Waals surface area contributed by atoms with Crippen molar-refractivity contribution in [2.45, 2.75) is 53.5 Å². The third kappa shape index (κ3) is 4.96. The van der Waals surface area contributed by atoms with E-state index >= 15 is 0 Å². The van der Waals surface area contributed by atoms with E-state index in [4.69, 9.17) is 12.2 Å². The minimum Gasteiger partial charge on any atom is -0.355 e. The first kappa shape index (κ1) is 21.3. The van der Waals surface area contributed by atoms with Gasteiger partial charge in [-0.15, -0.1) is 0 Å². The second kappa shape index (κ2) is 8.95. The highest BCUT2D eigenvalue weighted by atomic mass is 32.1. The highest BCUT2D eigenvalue weighted by Crippen LogP contribution is 2.29. The standard InChI is InChI=1S/C24H31N3OS/c1-15(2)23(20-11-8-16(3)13-18(20)5)26-24(29)25-19-10-9-17(4)21(14-19)27-12-6-7-22(27)28/h8-11,13-15,23H,6-7,12H2,1-5H3,(H2,25,26,29). The number of nitrogens with one attached hydrogen (secondary N) is 2. The van der Waals surface area contributed by atoms with E-state index in [1.54, 1.807) is 0 Å². The Morgan fingerprint density at radius 1 is 1.07 bits per heavy atom. The first-order valence-corrected chi connectivity index (χ1v) is 10.7. The van der Waals surface area contributed by atoms with E-state index in [1.165, 1.54) is 16.7 Å². The van der Waals surface area contributed by atoms with Crippen molar-refractivity contribution in [3.63, 3.8) is 0 Å². The molecule has 0 aromatic heterocycles. The molecule has 1 aliphatic heterocycles. The van der Waals surface area contributed by atoms with Gasteiger partial charge in [-0.25, -0.2) is 0 Å². The largest absolute Gasteiger partial charge is 0.355 e. The molecule has 3 rings (SSSR count). The monoisotopic (exact) mass is 409 g/mol. The number of carbonyl (C=O) groups is 1. The number of hydrogen-bond donors (Lipinski definition) is 2. The van der Waals surface area contributed by atoms with Crippen LogP contribution in [0, 0.1) is 26.7 Å². The van der Waals surface area contributed by atoms with Gasteiger partial charge in [0.2, 0.25) is 5.91 Å². The maximum Gasteiger partial charge on any atom is 0.227 e. The second-order valence-electron chi connectivity index (χ2n) is 8.33. The van der Waals surface area contributed by atoms with Crippen molar-refractivity contribution in [3.8, 4) is 0 Å². The van der Waals surface area contributed by atoms with Crippen molar-refractivity contribution < 1.29 is 4.79 Å². The molecule has 29 heavy (non-hydrogen) atoms. The predicted molar refractivity (Wildman–Crippen MR) is 126 cm³/mol. The van der Waals surface area contributed by atoms with Crippen LogP contribution in [0.5, 0.6) is 0 Å². The summed E-state index contributed by atoms with van der Waals surface area (Å²) in [5, 5.41) is 7.40. The number of rotatable bonds is 5. The van der Waals surface area contributed by atoms with Gasteiger partial charge in [-0.1, -0.05) is 43.7 Å². The highest BCUT2D eigenvalue weighted by molar-refractivity contribution is 7.80. The summed E-state index contributed by atoms with van der Waals surface area (Å²) in [6, 6.07) is 12.7. The summed E-state index contributed by atoms with van der Waals surface area (Å²) in [5.41, 5.74) is 6.75. The SMILES string of the molecule is Cc1ccc(C(NC(=S)Nc2ccc(C)c(N3CCCC3=O)c2)C(C)C)c(C)c1. The Morgan fingerprint density at radius 3 is 2.45 bits per heavy atom. The molecule has 4 nitrogen and oxygen atoms in total. The molecular formula is C24H31N3OS. The Labute approximate surface area is 179 Å². The summed E-state index contributed by atoms with van der Waals surface area (Å²) in [6.45, 7) is 11.5. The fourth-order valence-electron chi connectivity index (χ4n) is 3.97. The molecule has 1 saturated heterocycles. The molecule has 0 spiro atoms. The smallest absolute Gasteiger partial charge is 0.227 e. The van der Waals surface area contributed by atoms with Crippen LogP contribution < -0.4 is 15.5 Å². The zero-order valence-electron chi connectivity index (χ0n) is 18.0. The van der Waals surface area contributed by atoms with Crippen LogP contribution in [0.4, 0.5) is 11.4 Å². The number of amides is 1. The Bertz CT molecular complexity index is 922. The van der Waals surface area contributed by atoms with Crippen molar-refractivity contribution in [2.24, 2.45) is 5.92 Å². The third-order valence-electron chi connectivity index (χ3n) is 5.54. The van der Waals surface area contributed by atoms with Crippen molar-refractivity contribution in [3.05, 3.63) is 58.7 Å². The lowest BCUT2D eigenvalue weighted by Crippen LogP contribution is -2.35. The van der Waals surface area contributed by atoms with Gasteiger partial charge in [0.1, 0.15) is 0 Å². The molecule has 1 unspecified atom stereocenters. The molecule has 1 amide bonds. The zero-order chi connectivity index (χ0) is 21.1. The number of nitrogens with zero attached hydrogens (tertiary/aromatic N) is 1. The molecule has 0 saturated carbocycles. The van der Waals surface area contributed by atoms with Crippen LogP contribution in [-0.4, -0.2) is 17.6 Å². The maximum absolute atomic E-state index is 12.2. The molecule has 0 aliphatic carbocycles. The van der Waals surface area contributed by atoms with Gasteiger partial charge in [0, 0.05) is 24.3 Å². The van der Waals surface area contributed by atoms with Gasteiger partial charge >= 0.3 is 0 Å². The summed E-state index contributed by atoms with van der Waals surface area (Å²) < 4.78 is 0. The van der Waals surface area contributed by atoms with Crippen molar-refractivity contribution in [1.29, 1.82) is 0 Å². The number of carbonyl (C=O) groups excluding carboxylic acids is 1. The fourth-order valence-corrected chi connectivity index (χ4v) is 4.21. The van der Waals surface area contributed by atoms with Crippen LogP contribution in [-0.2, 0) is 4.79 Å². The molecule has 1 atom stereocenters. The van der Waals surface area contributed by atoms with E-state index in [1.807, 2.05) is 30.0 Å². The van der Waals surface area contributed by atoms with E-state index in [2.05, 4.69) is 56.5 Å². The van der Waals surface area contributed by atoms with Crippen LogP contribution in [0.3, 0.4) is 0 Å². The quantitative estimate of drug-likeness (QED) is 0.647. The van der Waals surface area contributed by atoms with Crippen molar-refractivity contribution in [2.75, 3.05) is 16.8 Å². The van der Waals surface area contributed by atoms with Crippen LogP contribution in [0.1, 0.15) is 55.0 Å². The average Bonchev–Trinajstić information content (AvgIpc) is 3.07. The lowest BCUT2D eigenvalue weighted by Gasteiger charge is -2.27. The third-order valence-corrected chi connectivity index (χ3v) is 5.76. The number of hydrogen-bond acceptors (Lipinski definition) is 2. The molecule has 1 aliphatic rings. The number of thiocarbonyl (C=S) groups is 1. The van der Waals surface area contributed by atoms with E-state index < -0.39 is 0 Å². The highest BCUT2D eigenvalue weighted by Gasteiger charge is 2.23. The predicted octanol–water partition coefficient (Wildman–Crippen LogP) is 5.42. The summed E-state index contributed by atoms with van der Waals surface area (Å²) in [7, 11) is 0. The van der Waals surface area contributed by atoms with E-state index in [0.29, 0.717) is 17.5 Å². The van der Waals surface area contributed by atoms with Gasteiger partial charge in [0.25, 0.3) is 0 Å². The number of benzene rings is 2. The van der Waals surface area contributed by atoms with Crippen LogP contribution >= 0.6 is 12.2 Å². The van der Waals surface area contributed by atoms with Gasteiger partial charge in [0.15, 0.2) is 5.11 Å². The Hall–Kier alpha value is -2.40. The number of aryl methyl sites for hydroxylation is 3. The second-order valence-corrected chi connectivity index (χ2v) is 8.74. The van der Waals surface area contributed by atoms with Crippen LogP contribution in [0.2, 0.25) is 0 Å². The molecule has 0 radical (unpaired) electrons.